The molecule has 0 fully saturated rings. The quantitative estimate of drug-likeness (QED) is 0.256. The molecule has 0 atom stereocenters. The van der Waals surface area contributed by atoms with Crippen LogP contribution in [-0.4, -0.2) is 0 Å². The van der Waals surface area contributed by atoms with Gasteiger partial charge in [0, 0.05) is 0 Å². The van der Waals surface area contributed by atoms with Gasteiger partial charge in [0.05, 0.1) is 0 Å². The predicted octanol–water partition coefficient (Wildman–Crippen LogP) is 7.69. The van der Waals surface area contributed by atoms with Gasteiger partial charge in [0.25, 0.3) is 0 Å². The third-order valence-corrected chi connectivity index (χ3v) is 7.18. The van der Waals surface area contributed by atoms with E-state index in [4.69, 9.17) is 0 Å². The maximum Gasteiger partial charge on any atom is -0.0144 e. The second-order valence-corrected chi connectivity index (χ2v) is 9.25. The molecule has 0 unspecified atom stereocenters. The first-order valence-electron chi connectivity index (χ1n) is 10.7. The standard InChI is InChI=1S/C28H31P/c1-3-5-16-24(15-4-2)28(25-17-9-6-10-18-25)23-29(26-19-11-7-12-20-26)27-21-13-8-14-22-27/h6-14,16-23H,3-5,15H2,1-2H3/b24-16+,28-23-. The fraction of sp³-hybridized carbons (Fsp3) is 0.214. The van der Waals surface area contributed by atoms with Gasteiger partial charge in [-0.15, -0.1) is 0 Å². The van der Waals surface area contributed by atoms with Gasteiger partial charge in [0.1, 0.15) is 0 Å². The fourth-order valence-corrected chi connectivity index (χ4v) is 5.66. The van der Waals surface area contributed by atoms with Crippen LogP contribution in [0.1, 0.15) is 45.1 Å². The molecule has 0 bridgehead atoms. The van der Waals surface area contributed by atoms with Crippen LogP contribution in [0.4, 0.5) is 0 Å². The van der Waals surface area contributed by atoms with Gasteiger partial charge >= 0.3 is 0 Å². The molecule has 0 aliphatic carbocycles. The molecule has 0 spiro atoms. The second-order valence-electron chi connectivity index (χ2n) is 7.22. The summed E-state index contributed by atoms with van der Waals surface area (Å²) in [6.07, 6.45) is 7.06. The smallest absolute Gasteiger partial charge is 0.0144 e. The van der Waals surface area contributed by atoms with E-state index in [1.165, 1.54) is 33.7 Å². The zero-order chi connectivity index (χ0) is 20.3. The van der Waals surface area contributed by atoms with Crippen LogP contribution in [0.3, 0.4) is 0 Å². The normalized spacial score (nSPS) is 12.4. The summed E-state index contributed by atoms with van der Waals surface area (Å²) in [4.78, 5) is 0. The summed E-state index contributed by atoms with van der Waals surface area (Å²) in [5, 5.41) is 2.79. The first kappa shape index (κ1) is 21.3. The summed E-state index contributed by atoms with van der Waals surface area (Å²) >= 11 is 0. The van der Waals surface area contributed by atoms with E-state index in [9.17, 15) is 0 Å². The molecule has 0 aliphatic rings. The molecule has 0 radical (unpaired) electrons. The van der Waals surface area contributed by atoms with Crippen molar-refractivity contribution in [1.82, 2.24) is 0 Å². The van der Waals surface area contributed by atoms with E-state index in [1.54, 1.807) is 0 Å². The Bertz CT molecular complexity index is 869. The SMILES string of the molecule is CCC/C=C(CCC)/C(=C/P(c1ccccc1)c1ccccc1)c1ccccc1. The van der Waals surface area contributed by atoms with Crippen molar-refractivity contribution in [2.75, 3.05) is 0 Å². The summed E-state index contributed by atoms with van der Waals surface area (Å²) < 4.78 is 0. The summed E-state index contributed by atoms with van der Waals surface area (Å²) in [7, 11) is -0.575. The van der Waals surface area contributed by atoms with Crippen molar-refractivity contribution in [1.29, 1.82) is 0 Å². The lowest BCUT2D eigenvalue weighted by atomic mass is 9.95. The largest absolute Gasteiger partial charge is 0.0807 e. The monoisotopic (exact) mass is 398 g/mol. The minimum absolute atomic E-state index is 0.575. The van der Waals surface area contributed by atoms with E-state index < -0.39 is 7.92 Å². The van der Waals surface area contributed by atoms with E-state index in [1.807, 2.05) is 0 Å². The van der Waals surface area contributed by atoms with E-state index in [0.29, 0.717) is 0 Å². The first-order valence-corrected chi connectivity index (χ1v) is 12.1. The molecule has 0 N–H and O–H groups in total. The minimum Gasteiger partial charge on any atom is -0.0807 e. The Labute approximate surface area is 177 Å². The van der Waals surface area contributed by atoms with Crippen LogP contribution in [0.25, 0.3) is 5.57 Å². The molecule has 3 aromatic rings. The highest BCUT2D eigenvalue weighted by molar-refractivity contribution is 7.76. The lowest BCUT2D eigenvalue weighted by Gasteiger charge is -2.20. The van der Waals surface area contributed by atoms with Crippen LogP contribution in [0.5, 0.6) is 0 Å². The maximum absolute atomic E-state index is 2.55. The molecule has 0 heterocycles. The van der Waals surface area contributed by atoms with Gasteiger partial charge in [-0.1, -0.05) is 124 Å². The highest BCUT2D eigenvalue weighted by atomic mass is 31.1. The van der Waals surface area contributed by atoms with E-state index in [0.717, 1.165) is 19.3 Å². The van der Waals surface area contributed by atoms with E-state index in [2.05, 4.69) is 117 Å². The number of hydrogen-bond donors (Lipinski definition) is 0. The molecule has 0 aliphatic heterocycles. The molecular weight excluding hydrogens is 367 g/mol. The second kappa shape index (κ2) is 11.5. The Morgan fingerprint density at radius 2 is 1.21 bits per heavy atom. The predicted molar refractivity (Wildman–Crippen MR) is 131 cm³/mol. The number of allylic oxidation sites excluding steroid dienone is 3. The molecule has 0 aromatic heterocycles. The van der Waals surface area contributed by atoms with E-state index in [-0.39, 0.29) is 0 Å². The fourth-order valence-electron chi connectivity index (χ4n) is 3.50. The van der Waals surface area contributed by atoms with Gasteiger partial charge in [0.15, 0.2) is 0 Å². The molecule has 0 saturated carbocycles. The lowest BCUT2D eigenvalue weighted by molar-refractivity contribution is 0.898. The Hall–Kier alpha value is -2.43. The molecule has 3 rings (SSSR count). The van der Waals surface area contributed by atoms with Crippen LogP contribution in [0, 0.1) is 0 Å². The van der Waals surface area contributed by atoms with Crippen LogP contribution >= 0.6 is 7.92 Å². The molecule has 0 amide bonds. The Balaban J connectivity index is 2.17. The molecule has 3 aromatic carbocycles. The Morgan fingerprint density at radius 3 is 1.69 bits per heavy atom. The Kier molecular flexibility index (Phi) is 8.47. The van der Waals surface area contributed by atoms with E-state index >= 15 is 0 Å². The minimum atomic E-state index is -0.575. The summed E-state index contributed by atoms with van der Waals surface area (Å²) in [6.45, 7) is 4.53. The van der Waals surface area contributed by atoms with Crippen molar-refractivity contribution in [3.05, 3.63) is 114 Å². The topological polar surface area (TPSA) is 0 Å². The van der Waals surface area contributed by atoms with Gasteiger partial charge in [-0.25, -0.2) is 0 Å². The van der Waals surface area contributed by atoms with Crippen molar-refractivity contribution in [2.45, 2.75) is 39.5 Å². The van der Waals surface area contributed by atoms with Crippen molar-refractivity contribution in [3.63, 3.8) is 0 Å². The van der Waals surface area contributed by atoms with Crippen LogP contribution in [-0.2, 0) is 0 Å². The third-order valence-electron chi connectivity index (χ3n) is 4.96. The third kappa shape index (κ3) is 6.02. The van der Waals surface area contributed by atoms with Crippen molar-refractivity contribution >= 4 is 24.1 Å². The molecule has 29 heavy (non-hydrogen) atoms. The molecule has 148 valence electrons. The van der Waals surface area contributed by atoms with Gasteiger partial charge < -0.3 is 0 Å². The van der Waals surface area contributed by atoms with Crippen molar-refractivity contribution in [3.8, 4) is 0 Å². The zero-order valence-corrected chi connectivity index (χ0v) is 18.5. The summed E-state index contributed by atoms with van der Waals surface area (Å²) in [6, 6.07) is 32.8. The van der Waals surface area contributed by atoms with Crippen LogP contribution < -0.4 is 10.6 Å². The van der Waals surface area contributed by atoms with Gasteiger partial charge in [-0.3, -0.25) is 0 Å². The summed E-state index contributed by atoms with van der Waals surface area (Å²) in [5.74, 6) is 2.55. The van der Waals surface area contributed by atoms with Gasteiger partial charge in [-0.2, -0.15) is 0 Å². The first-order chi connectivity index (χ1) is 14.3. The maximum atomic E-state index is 2.55. The van der Waals surface area contributed by atoms with Gasteiger partial charge in [-0.05, 0) is 53.9 Å². The van der Waals surface area contributed by atoms with Crippen molar-refractivity contribution < 1.29 is 0 Å². The average molecular weight is 399 g/mol. The van der Waals surface area contributed by atoms with Crippen LogP contribution in [0.15, 0.2) is 108 Å². The zero-order valence-electron chi connectivity index (χ0n) is 17.6. The average Bonchev–Trinajstić information content (AvgIpc) is 2.79. The number of benzene rings is 3. The van der Waals surface area contributed by atoms with Gasteiger partial charge in [0.2, 0.25) is 0 Å². The molecule has 0 nitrogen and oxygen atoms in total. The lowest BCUT2D eigenvalue weighted by Crippen LogP contribution is -2.10. The summed E-state index contributed by atoms with van der Waals surface area (Å²) in [5.41, 5.74) is 4.21. The number of hydrogen-bond acceptors (Lipinski definition) is 0. The highest BCUT2D eigenvalue weighted by Gasteiger charge is 2.15. The Morgan fingerprint density at radius 1 is 0.690 bits per heavy atom. The molecular formula is C28H31P. The number of rotatable bonds is 9. The van der Waals surface area contributed by atoms with Crippen molar-refractivity contribution in [2.24, 2.45) is 0 Å². The number of unbranched alkanes of at least 4 members (excludes halogenated alkanes) is 1. The highest BCUT2D eigenvalue weighted by Crippen LogP contribution is 2.41. The molecule has 0 saturated heterocycles. The van der Waals surface area contributed by atoms with Crippen LogP contribution in [0.2, 0.25) is 0 Å². The molecule has 1 heteroatoms.